The molecule has 3 rings (SSSR count). The van der Waals surface area contributed by atoms with Crippen molar-refractivity contribution in [1.29, 1.82) is 0 Å². The Morgan fingerprint density at radius 3 is 2.96 bits per heavy atom. The van der Waals surface area contributed by atoms with Gasteiger partial charge in [0, 0.05) is 25.0 Å². The van der Waals surface area contributed by atoms with E-state index in [1.807, 2.05) is 12.3 Å². The fourth-order valence-electron chi connectivity index (χ4n) is 3.08. The minimum absolute atomic E-state index is 0.0460. The third-order valence-electron chi connectivity index (χ3n) is 4.42. The summed E-state index contributed by atoms with van der Waals surface area (Å²) in [6.07, 6.45) is 6.69. The summed E-state index contributed by atoms with van der Waals surface area (Å²) in [6.45, 7) is 5.97. The SMILES string of the molecule is CC(C)CCNC(=O)c1cncc(N2CCCc3ccccc32)c1. The van der Waals surface area contributed by atoms with Gasteiger partial charge in [-0.3, -0.25) is 9.78 Å². The predicted molar refractivity (Wildman–Crippen MR) is 97.8 cm³/mol. The molecular weight excluding hydrogens is 298 g/mol. The molecule has 1 aromatic carbocycles. The number of amides is 1. The van der Waals surface area contributed by atoms with E-state index in [0.29, 0.717) is 18.0 Å². The van der Waals surface area contributed by atoms with Crippen LogP contribution in [0.5, 0.6) is 0 Å². The van der Waals surface area contributed by atoms with Gasteiger partial charge >= 0.3 is 0 Å². The number of hydrogen-bond donors (Lipinski definition) is 1. The maximum absolute atomic E-state index is 12.3. The van der Waals surface area contributed by atoms with Gasteiger partial charge in [-0.05, 0) is 42.9 Å². The molecule has 1 amide bonds. The van der Waals surface area contributed by atoms with E-state index in [1.54, 1.807) is 6.20 Å². The molecule has 4 heteroatoms. The van der Waals surface area contributed by atoms with E-state index in [9.17, 15) is 4.79 Å². The van der Waals surface area contributed by atoms with Gasteiger partial charge in [-0.1, -0.05) is 32.0 Å². The first-order valence-corrected chi connectivity index (χ1v) is 8.74. The summed E-state index contributed by atoms with van der Waals surface area (Å²) < 4.78 is 0. The Kier molecular flexibility index (Phi) is 5.14. The molecule has 4 nitrogen and oxygen atoms in total. The van der Waals surface area contributed by atoms with Crippen molar-refractivity contribution < 1.29 is 4.79 Å². The maximum atomic E-state index is 12.3. The molecule has 0 atom stereocenters. The number of aryl methyl sites for hydroxylation is 1. The minimum Gasteiger partial charge on any atom is -0.352 e. The van der Waals surface area contributed by atoms with Gasteiger partial charge in [-0.25, -0.2) is 0 Å². The van der Waals surface area contributed by atoms with Crippen LogP contribution in [0.1, 0.15) is 42.6 Å². The summed E-state index contributed by atoms with van der Waals surface area (Å²) in [5, 5.41) is 2.98. The molecule has 0 fully saturated rings. The molecule has 24 heavy (non-hydrogen) atoms. The summed E-state index contributed by atoms with van der Waals surface area (Å²) >= 11 is 0. The van der Waals surface area contributed by atoms with E-state index < -0.39 is 0 Å². The summed E-state index contributed by atoms with van der Waals surface area (Å²) in [5.74, 6) is 0.537. The summed E-state index contributed by atoms with van der Waals surface area (Å²) in [6, 6.07) is 10.4. The minimum atomic E-state index is -0.0460. The van der Waals surface area contributed by atoms with Crippen molar-refractivity contribution in [1.82, 2.24) is 10.3 Å². The van der Waals surface area contributed by atoms with Crippen LogP contribution in [0.4, 0.5) is 11.4 Å². The molecule has 1 aliphatic rings. The number of carbonyl (C=O) groups is 1. The van der Waals surface area contributed by atoms with Crippen LogP contribution in [0.3, 0.4) is 0 Å². The van der Waals surface area contributed by atoms with E-state index in [2.05, 4.69) is 53.3 Å². The van der Waals surface area contributed by atoms with Crippen molar-refractivity contribution in [3.63, 3.8) is 0 Å². The number of aromatic nitrogens is 1. The lowest BCUT2D eigenvalue weighted by Gasteiger charge is -2.31. The predicted octanol–water partition coefficient (Wildman–Crippen LogP) is 3.94. The lowest BCUT2D eigenvalue weighted by atomic mass is 10.0. The third-order valence-corrected chi connectivity index (χ3v) is 4.42. The van der Waals surface area contributed by atoms with Crippen LogP contribution in [-0.4, -0.2) is 24.0 Å². The highest BCUT2D eigenvalue weighted by Crippen LogP contribution is 2.33. The topological polar surface area (TPSA) is 45.2 Å². The second-order valence-corrected chi connectivity index (χ2v) is 6.75. The molecule has 2 heterocycles. The Morgan fingerprint density at radius 1 is 1.29 bits per heavy atom. The zero-order chi connectivity index (χ0) is 16.9. The number of para-hydroxylation sites is 1. The Hall–Kier alpha value is -2.36. The average Bonchev–Trinajstić information content (AvgIpc) is 2.61. The molecular formula is C20H25N3O. The largest absolute Gasteiger partial charge is 0.352 e. The molecule has 126 valence electrons. The van der Waals surface area contributed by atoms with Crippen molar-refractivity contribution in [2.75, 3.05) is 18.0 Å². The lowest BCUT2D eigenvalue weighted by Crippen LogP contribution is -2.27. The number of nitrogens with zero attached hydrogens (tertiary/aromatic N) is 2. The van der Waals surface area contributed by atoms with E-state index in [1.165, 1.54) is 11.3 Å². The number of carbonyl (C=O) groups excluding carboxylic acids is 1. The molecule has 0 saturated carbocycles. The van der Waals surface area contributed by atoms with Crippen molar-refractivity contribution in [2.24, 2.45) is 5.92 Å². The van der Waals surface area contributed by atoms with Crippen LogP contribution < -0.4 is 10.2 Å². The number of hydrogen-bond acceptors (Lipinski definition) is 3. The number of rotatable bonds is 5. The van der Waals surface area contributed by atoms with Crippen LogP contribution in [0.2, 0.25) is 0 Å². The quantitative estimate of drug-likeness (QED) is 0.906. The van der Waals surface area contributed by atoms with Crippen LogP contribution >= 0.6 is 0 Å². The molecule has 0 bridgehead atoms. The van der Waals surface area contributed by atoms with Crippen LogP contribution in [0.25, 0.3) is 0 Å². The molecule has 0 aliphatic carbocycles. The monoisotopic (exact) mass is 323 g/mol. The fourth-order valence-corrected chi connectivity index (χ4v) is 3.08. The maximum Gasteiger partial charge on any atom is 0.252 e. The lowest BCUT2D eigenvalue weighted by molar-refractivity contribution is 0.0951. The Bertz CT molecular complexity index is 712. The zero-order valence-corrected chi connectivity index (χ0v) is 14.5. The van der Waals surface area contributed by atoms with Gasteiger partial charge in [0.2, 0.25) is 0 Å². The van der Waals surface area contributed by atoms with Gasteiger partial charge in [-0.15, -0.1) is 0 Å². The highest BCUT2D eigenvalue weighted by molar-refractivity contribution is 5.95. The Balaban J connectivity index is 1.78. The summed E-state index contributed by atoms with van der Waals surface area (Å²) in [7, 11) is 0. The molecule has 0 radical (unpaired) electrons. The van der Waals surface area contributed by atoms with Gasteiger partial charge in [0.1, 0.15) is 0 Å². The average molecular weight is 323 g/mol. The normalized spacial score (nSPS) is 13.7. The van der Waals surface area contributed by atoms with Crippen LogP contribution in [0.15, 0.2) is 42.7 Å². The van der Waals surface area contributed by atoms with E-state index in [4.69, 9.17) is 0 Å². The smallest absolute Gasteiger partial charge is 0.252 e. The molecule has 1 N–H and O–H groups in total. The second kappa shape index (κ2) is 7.47. The molecule has 0 saturated heterocycles. The summed E-state index contributed by atoms with van der Waals surface area (Å²) in [4.78, 5) is 18.9. The molecule has 1 aromatic heterocycles. The highest BCUT2D eigenvalue weighted by Gasteiger charge is 2.19. The third kappa shape index (κ3) is 3.75. The highest BCUT2D eigenvalue weighted by atomic mass is 16.1. The molecule has 0 spiro atoms. The van der Waals surface area contributed by atoms with Crippen molar-refractivity contribution >= 4 is 17.3 Å². The zero-order valence-electron chi connectivity index (χ0n) is 14.5. The van der Waals surface area contributed by atoms with E-state index in [0.717, 1.165) is 31.5 Å². The van der Waals surface area contributed by atoms with Gasteiger partial charge in [0.05, 0.1) is 17.4 Å². The first-order chi connectivity index (χ1) is 11.6. The van der Waals surface area contributed by atoms with Crippen molar-refractivity contribution in [2.45, 2.75) is 33.1 Å². The number of nitrogens with one attached hydrogen (secondary N) is 1. The van der Waals surface area contributed by atoms with Gasteiger partial charge in [0.25, 0.3) is 5.91 Å². The van der Waals surface area contributed by atoms with E-state index >= 15 is 0 Å². The summed E-state index contributed by atoms with van der Waals surface area (Å²) in [5.41, 5.74) is 4.19. The van der Waals surface area contributed by atoms with Gasteiger partial charge in [-0.2, -0.15) is 0 Å². The van der Waals surface area contributed by atoms with Crippen LogP contribution in [0, 0.1) is 5.92 Å². The number of pyridine rings is 1. The number of benzene rings is 1. The molecule has 0 unspecified atom stereocenters. The Labute approximate surface area is 143 Å². The van der Waals surface area contributed by atoms with Gasteiger partial charge in [0.15, 0.2) is 0 Å². The molecule has 1 aliphatic heterocycles. The Morgan fingerprint density at radius 2 is 2.12 bits per heavy atom. The standard InChI is InChI=1S/C20H25N3O/c1-15(2)9-10-22-20(24)17-12-18(14-21-13-17)23-11-5-7-16-6-3-4-8-19(16)23/h3-4,6,8,12-15H,5,7,9-11H2,1-2H3,(H,22,24). The molecule has 2 aromatic rings. The second-order valence-electron chi connectivity index (χ2n) is 6.75. The van der Waals surface area contributed by atoms with Gasteiger partial charge < -0.3 is 10.2 Å². The number of anilines is 2. The van der Waals surface area contributed by atoms with Crippen molar-refractivity contribution in [3.8, 4) is 0 Å². The number of fused-ring (bicyclic) bond motifs is 1. The van der Waals surface area contributed by atoms with E-state index in [-0.39, 0.29) is 5.91 Å². The van der Waals surface area contributed by atoms with Crippen LogP contribution in [-0.2, 0) is 6.42 Å². The first-order valence-electron chi connectivity index (χ1n) is 8.74. The first kappa shape index (κ1) is 16.5. The fraction of sp³-hybridized carbons (Fsp3) is 0.400. The van der Waals surface area contributed by atoms with Crippen molar-refractivity contribution in [3.05, 3.63) is 53.9 Å².